The predicted octanol–water partition coefficient (Wildman–Crippen LogP) is 2.46. The quantitative estimate of drug-likeness (QED) is 0.795. The van der Waals surface area contributed by atoms with E-state index in [0.717, 1.165) is 6.42 Å². The van der Waals surface area contributed by atoms with Gasteiger partial charge in [-0.25, -0.2) is 0 Å². The SMILES string of the molecule is FC(F)Oc1ccccc1O[C@@H]1CCOC1. The van der Waals surface area contributed by atoms with E-state index in [0.29, 0.717) is 19.0 Å². The Labute approximate surface area is 91.9 Å². The van der Waals surface area contributed by atoms with Gasteiger partial charge < -0.3 is 14.2 Å². The summed E-state index contributed by atoms with van der Waals surface area (Å²) in [7, 11) is 0. The van der Waals surface area contributed by atoms with Crippen LogP contribution in [0.15, 0.2) is 24.3 Å². The number of para-hydroxylation sites is 2. The number of benzene rings is 1. The van der Waals surface area contributed by atoms with Gasteiger partial charge in [-0.3, -0.25) is 0 Å². The maximum absolute atomic E-state index is 12.1. The molecule has 0 amide bonds. The lowest BCUT2D eigenvalue weighted by molar-refractivity contribution is -0.0520. The van der Waals surface area contributed by atoms with Crippen LogP contribution in [0.2, 0.25) is 0 Å². The Morgan fingerprint density at radius 2 is 2.00 bits per heavy atom. The Hall–Kier alpha value is -1.36. The molecule has 1 aromatic rings. The molecule has 0 N–H and O–H groups in total. The van der Waals surface area contributed by atoms with Gasteiger partial charge >= 0.3 is 6.61 Å². The minimum Gasteiger partial charge on any atom is -0.484 e. The first-order valence-corrected chi connectivity index (χ1v) is 5.04. The van der Waals surface area contributed by atoms with Gasteiger partial charge in [0.1, 0.15) is 6.10 Å². The van der Waals surface area contributed by atoms with Crippen LogP contribution in [0.3, 0.4) is 0 Å². The number of ether oxygens (including phenoxy) is 3. The molecule has 0 unspecified atom stereocenters. The summed E-state index contributed by atoms with van der Waals surface area (Å²) < 4.78 is 39.2. The van der Waals surface area contributed by atoms with Gasteiger partial charge in [0.05, 0.1) is 13.2 Å². The third-order valence-corrected chi connectivity index (χ3v) is 2.25. The first-order chi connectivity index (χ1) is 7.75. The molecule has 1 aliphatic heterocycles. The topological polar surface area (TPSA) is 27.7 Å². The lowest BCUT2D eigenvalue weighted by Crippen LogP contribution is -2.16. The van der Waals surface area contributed by atoms with Gasteiger partial charge in [-0.05, 0) is 12.1 Å². The Kier molecular flexibility index (Phi) is 3.56. The fraction of sp³-hybridized carbons (Fsp3) is 0.455. The van der Waals surface area contributed by atoms with Crippen LogP contribution in [0.1, 0.15) is 6.42 Å². The van der Waals surface area contributed by atoms with E-state index in [4.69, 9.17) is 9.47 Å². The summed E-state index contributed by atoms with van der Waals surface area (Å²) in [5, 5.41) is 0. The molecule has 0 spiro atoms. The number of halogens is 2. The monoisotopic (exact) mass is 230 g/mol. The molecule has 1 aliphatic rings. The molecule has 3 nitrogen and oxygen atoms in total. The van der Waals surface area contributed by atoms with Gasteiger partial charge in [0.2, 0.25) is 0 Å². The number of hydrogen-bond donors (Lipinski definition) is 0. The Morgan fingerprint density at radius 3 is 2.62 bits per heavy atom. The van der Waals surface area contributed by atoms with Crippen molar-refractivity contribution in [3.63, 3.8) is 0 Å². The number of hydrogen-bond acceptors (Lipinski definition) is 3. The zero-order valence-corrected chi connectivity index (χ0v) is 8.57. The highest BCUT2D eigenvalue weighted by Crippen LogP contribution is 2.29. The highest BCUT2D eigenvalue weighted by Gasteiger charge is 2.19. The van der Waals surface area contributed by atoms with Gasteiger partial charge in [0, 0.05) is 6.42 Å². The highest BCUT2D eigenvalue weighted by atomic mass is 19.3. The summed E-state index contributed by atoms with van der Waals surface area (Å²) in [6.07, 6.45) is 0.686. The van der Waals surface area contributed by atoms with Crippen molar-refractivity contribution in [1.29, 1.82) is 0 Å². The molecule has 0 saturated carbocycles. The summed E-state index contributed by atoms with van der Waals surface area (Å²) in [5.41, 5.74) is 0. The Bertz CT molecular complexity index is 338. The van der Waals surface area contributed by atoms with E-state index >= 15 is 0 Å². The van der Waals surface area contributed by atoms with E-state index in [1.807, 2.05) is 0 Å². The van der Waals surface area contributed by atoms with Crippen LogP contribution in [0, 0.1) is 0 Å². The first-order valence-electron chi connectivity index (χ1n) is 5.04. The Balaban J connectivity index is 2.06. The van der Waals surface area contributed by atoms with Crippen molar-refractivity contribution in [3.05, 3.63) is 24.3 Å². The molecule has 0 bridgehead atoms. The standard InChI is InChI=1S/C11H12F2O3/c12-11(13)16-10-4-2-1-3-9(10)15-8-5-6-14-7-8/h1-4,8,11H,5-7H2/t8-/m1/s1. The van der Waals surface area contributed by atoms with Crippen molar-refractivity contribution < 1.29 is 23.0 Å². The fourth-order valence-electron chi connectivity index (χ4n) is 1.53. The van der Waals surface area contributed by atoms with Crippen LogP contribution in [0.4, 0.5) is 8.78 Å². The summed E-state index contributed by atoms with van der Waals surface area (Å²) in [6, 6.07) is 6.40. The van der Waals surface area contributed by atoms with Crippen LogP contribution >= 0.6 is 0 Å². The summed E-state index contributed by atoms with van der Waals surface area (Å²) >= 11 is 0. The summed E-state index contributed by atoms with van der Waals surface area (Å²) in [4.78, 5) is 0. The molecule has 0 radical (unpaired) electrons. The maximum Gasteiger partial charge on any atom is 0.387 e. The van der Waals surface area contributed by atoms with E-state index in [1.54, 1.807) is 18.2 Å². The van der Waals surface area contributed by atoms with Crippen molar-refractivity contribution in [3.8, 4) is 11.5 Å². The van der Waals surface area contributed by atoms with Crippen LogP contribution in [0.5, 0.6) is 11.5 Å². The molecule has 1 atom stereocenters. The van der Waals surface area contributed by atoms with Crippen molar-refractivity contribution in [2.75, 3.05) is 13.2 Å². The molecule has 1 heterocycles. The van der Waals surface area contributed by atoms with Crippen molar-refractivity contribution in [2.24, 2.45) is 0 Å². The van der Waals surface area contributed by atoms with Crippen LogP contribution in [-0.2, 0) is 4.74 Å². The second-order valence-electron chi connectivity index (χ2n) is 3.43. The van der Waals surface area contributed by atoms with Crippen molar-refractivity contribution in [2.45, 2.75) is 19.1 Å². The first kappa shape index (κ1) is 11.1. The third-order valence-electron chi connectivity index (χ3n) is 2.25. The van der Waals surface area contributed by atoms with E-state index in [2.05, 4.69) is 4.74 Å². The molecule has 1 aromatic carbocycles. The molecule has 16 heavy (non-hydrogen) atoms. The molecule has 0 aromatic heterocycles. The van der Waals surface area contributed by atoms with Crippen LogP contribution < -0.4 is 9.47 Å². The predicted molar refractivity (Wildman–Crippen MR) is 52.9 cm³/mol. The second-order valence-corrected chi connectivity index (χ2v) is 3.43. The zero-order chi connectivity index (χ0) is 11.4. The lowest BCUT2D eigenvalue weighted by Gasteiger charge is -2.15. The summed E-state index contributed by atoms with van der Waals surface area (Å²) in [5.74, 6) is 0.391. The molecular formula is C11H12F2O3. The molecule has 1 saturated heterocycles. The average molecular weight is 230 g/mol. The lowest BCUT2D eigenvalue weighted by atomic mass is 10.3. The van der Waals surface area contributed by atoms with E-state index in [1.165, 1.54) is 6.07 Å². The molecule has 5 heteroatoms. The van der Waals surface area contributed by atoms with Crippen LogP contribution in [-0.4, -0.2) is 25.9 Å². The third kappa shape index (κ3) is 2.82. The van der Waals surface area contributed by atoms with Crippen molar-refractivity contribution >= 4 is 0 Å². The molecular weight excluding hydrogens is 218 g/mol. The number of alkyl halides is 2. The largest absolute Gasteiger partial charge is 0.484 e. The van der Waals surface area contributed by atoms with Crippen LogP contribution in [0.25, 0.3) is 0 Å². The normalized spacial score (nSPS) is 20.1. The van der Waals surface area contributed by atoms with Gasteiger partial charge in [0.25, 0.3) is 0 Å². The second kappa shape index (κ2) is 5.12. The van der Waals surface area contributed by atoms with Gasteiger partial charge in [-0.1, -0.05) is 12.1 Å². The molecule has 0 aliphatic carbocycles. The smallest absolute Gasteiger partial charge is 0.387 e. The molecule has 2 rings (SSSR count). The minimum atomic E-state index is -2.84. The van der Waals surface area contributed by atoms with E-state index < -0.39 is 6.61 Å². The summed E-state index contributed by atoms with van der Waals surface area (Å²) in [6.45, 7) is -1.71. The van der Waals surface area contributed by atoms with Gasteiger partial charge in [-0.15, -0.1) is 0 Å². The number of rotatable bonds is 4. The molecule has 88 valence electrons. The van der Waals surface area contributed by atoms with E-state index in [9.17, 15) is 8.78 Å². The molecule has 1 fully saturated rings. The maximum atomic E-state index is 12.1. The average Bonchev–Trinajstić information content (AvgIpc) is 2.73. The fourth-order valence-corrected chi connectivity index (χ4v) is 1.53. The van der Waals surface area contributed by atoms with Gasteiger partial charge in [0.15, 0.2) is 11.5 Å². The zero-order valence-electron chi connectivity index (χ0n) is 8.57. The van der Waals surface area contributed by atoms with E-state index in [-0.39, 0.29) is 11.9 Å². The minimum absolute atomic E-state index is 0.0596. The van der Waals surface area contributed by atoms with Crippen molar-refractivity contribution in [1.82, 2.24) is 0 Å². The highest BCUT2D eigenvalue weighted by molar-refractivity contribution is 5.39. The Morgan fingerprint density at radius 1 is 1.25 bits per heavy atom. The van der Waals surface area contributed by atoms with Gasteiger partial charge in [-0.2, -0.15) is 8.78 Å².